The maximum atomic E-state index is 12.2. The molecule has 134 valence electrons. The molecule has 0 saturated heterocycles. The first-order valence-corrected chi connectivity index (χ1v) is 7.82. The van der Waals surface area contributed by atoms with Crippen LogP contribution in [0, 0.1) is 0 Å². The summed E-state index contributed by atoms with van der Waals surface area (Å²) in [6.45, 7) is 4.07. The molecule has 7 nitrogen and oxygen atoms in total. The van der Waals surface area contributed by atoms with Crippen LogP contribution in [0.5, 0.6) is 17.2 Å². The van der Waals surface area contributed by atoms with E-state index in [2.05, 4.69) is 5.32 Å². The minimum Gasteiger partial charge on any atom is -0.493 e. The Bertz CT molecular complexity index is 549. The summed E-state index contributed by atoms with van der Waals surface area (Å²) in [6, 6.07) is 3.28. The fourth-order valence-electron chi connectivity index (χ4n) is 2.22. The highest BCUT2D eigenvalue weighted by Gasteiger charge is 2.17. The summed E-state index contributed by atoms with van der Waals surface area (Å²) >= 11 is 0. The van der Waals surface area contributed by atoms with Crippen LogP contribution < -0.4 is 19.5 Å². The van der Waals surface area contributed by atoms with Gasteiger partial charge in [0.2, 0.25) is 17.6 Å². The Kier molecular flexibility index (Phi) is 7.88. The number of methoxy groups -OCH3 is 3. The quantitative estimate of drug-likeness (QED) is 0.747. The van der Waals surface area contributed by atoms with Gasteiger partial charge in [-0.15, -0.1) is 0 Å². The number of anilines is 1. The molecule has 0 atom stereocenters. The molecule has 0 heterocycles. The minimum absolute atomic E-state index is 0.00595. The lowest BCUT2D eigenvalue weighted by molar-refractivity contribution is -0.132. The van der Waals surface area contributed by atoms with Gasteiger partial charge in [-0.1, -0.05) is 13.3 Å². The monoisotopic (exact) mass is 338 g/mol. The summed E-state index contributed by atoms with van der Waals surface area (Å²) in [5.41, 5.74) is 0.508. The Hall–Kier alpha value is -2.44. The van der Waals surface area contributed by atoms with Gasteiger partial charge in [0, 0.05) is 31.3 Å². The number of benzene rings is 1. The largest absolute Gasteiger partial charge is 0.493 e. The van der Waals surface area contributed by atoms with Gasteiger partial charge in [0.15, 0.2) is 11.5 Å². The van der Waals surface area contributed by atoms with Crippen LogP contribution in [0.15, 0.2) is 12.1 Å². The Labute approximate surface area is 142 Å². The van der Waals surface area contributed by atoms with Crippen molar-refractivity contribution in [1.82, 2.24) is 4.90 Å². The number of carbonyl (C=O) groups excluding carboxylic acids is 2. The fourth-order valence-corrected chi connectivity index (χ4v) is 2.22. The van der Waals surface area contributed by atoms with Crippen LogP contribution in [-0.2, 0) is 9.59 Å². The van der Waals surface area contributed by atoms with Crippen LogP contribution in [0.1, 0.15) is 26.7 Å². The Morgan fingerprint density at radius 2 is 1.67 bits per heavy atom. The van der Waals surface area contributed by atoms with Crippen molar-refractivity contribution in [3.63, 3.8) is 0 Å². The van der Waals surface area contributed by atoms with E-state index in [1.54, 1.807) is 12.1 Å². The number of hydrogen-bond acceptors (Lipinski definition) is 5. The second-order valence-electron chi connectivity index (χ2n) is 5.26. The van der Waals surface area contributed by atoms with Crippen molar-refractivity contribution in [2.24, 2.45) is 0 Å². The Morgan fingerprint density at radius 3 is 2.08 bits per heavy atom. The van der Waals surface area contributed by atoms with Gasteiger partial charge in [-0.3, -0.25) is 9.59 Å². The lowest BCUT2D eigenvalue weighted by atomic mass is 10.2. The molecule has 0 aliphatic heterocycles. The van der Waals surface area contributed by atoms with Crippen LogP contribution >= 0.6 is 0 Å². The smallest absolute Gasteiger partial charge is 0.243 e. The molecule has 1 aromatic rings. The molecule has 0 spiro atoms. The van der Waals surface area contributed by atoms with Gasteiger partial charge in [-0.25, -0.2) is 0 Å². The predicted octanol–water partition coefficient (Wildman–Crippen LogP) is 2.30. The summed E-state index contributed by atoms with van der Waals surface area (Å²) in [6.07, 6.45) is 1.81. The van der Waals surface area contributed by atoms with Gasteiger partial charge in [-0.2, -0.15) is 0 Å². The second-order valence-corrected chi connectivity index (χ2v) is 5.26. The topological polar surface area (TPSA) is 77.1 Å². The van der Waals surface area contributed by atoms with E-state index in [1.165, 1.54) is 33.2 Å². The van der Waals surface area contributed by atoms with E-state index in [0.717, 1.165) is 12.8 Å². The highest BCUT2D eigenvalue weighted by Crippen LogP contribution is 2.39. The molecule has 24 heavy (non-hydrogen) atoms. The molecule has 0 aliphatic rings. The van der Waals surface area contributed by atoms with E-state index in [-0.39, 0.29) is 18.4 Å². The molecule has 0 fully saturated rings. The van der Waals surface area contributed by atoms with E-state index in [9.17, 15) is 9.59 Å². The van der Waals surface area contributed by atoms with Crippen LogP contribution in [0.2, 0.25) is 0 Å². The average molecular weight is 338 g/mol. The first kappa shape index (κ1) is 19.6. The van der Waals surface area contributed by atoms with Gasteiger partial charge in [-0.05, 0) is 6.42 Å². The highest BCUT2D eigenvalue weighted by atomic mass is 16.5. The summed E-state index contributed by atoms with van der Waals surface area (Å²) in [4.78, 5) is 25.4. The zero-order valence-electron chi connectivity index (χ0n) is 15.0. The Balaban J connectivity index is 2.87. The van der Waals surface area contributed by atoms with Crippen LogP contribution in [-0.4, -0.2) is 51.1 Å². The van der Waals surface area contributed by atoms with Crippen LogP contribution in [0.3, 0.4) is 0 Å². The number of unbranched alkanes of at least 4 members (excludes halogenated alkanes) is 1. The van der Waals surface area contributed by atoms with Crippen molar-refractivity contribution in [2.75, 3.05) is 39.7 Å². The molecule has 0 aliphatic carbocycles. The highest BCUT2D eigenvalue weighted by molar-refractivity contribution is 5.94. The van der Waals surface area contributed by atoms with Crippen LogP contribution in [0.4, 0.5) is 5.69 Å². The number of hydrogen-bond donors (Lipinski definition) is 1. The Morgan fingerprint density at radius 1 is 1.08 bits per heavy atom. The summed E-state index contributed by atoms with van der Waals surface area (Å²) < 4.78 is 15.7. The van der Waals surface area contributed by atoms with Crippen molar-refractivity contribution < 1.29 is 23.8 Å². The standard InChI is InChI=1S/C17H26N2O5/c1-6-7-8-19(12(2)20)11-16(21)18-13-9-14(22-3)17(24-5)15(10-13)23-4/h9-10H,6-8,11H2,1-5H3,(H,18,21). The molecule has 0 aromatic heterocycles. The summed E-state index contributed by atoms with van der Waals surface area (Å²) in [7, 11) is 4.52. The average Bonchev–Trinajstić information content (AvgIpc) is 2.57. The molecule has 0 radical (unpaired) electrons. The van der Waals surface area contributed by atoms with E-state index in [0.29, 0.717) is 29.5 Å². The first-order chi connectivity index (χ1) is 11.5. The number of amides is 2. The van der Waals surface area contributed by atoms with E-state index in [1.807, 2.05) is 6.92 Å². The van der Waals surface area contributed by atoms with Gasteiger partial charge in [0.25, 0.3) is 0 Å². The lowest BCUT2D eigenvalue weighted by Crippen LogP contribution is -2.37. The minimum atomic E-state index is -0.282. The fraction of sp³-hybridized carbons (Fsp3) is 0.529. The summed E-state index contributed by atoms with van der Waals surface area (Å²) in [5, 5.41) is 2.76. The SMILES string of the molecule is CCCCN(CC(=O)Nc1cc(OC)c(OC)c(OC)c1)C(C)=O. The molecular formula is C17H26N2O5. The zero-order chi connectivity index (χ0) is 18.1. The normalized spacial score (nSPS) is 10.0. The molecular weight excluding hydrogens is 312 g/mol. The van der Waals surface area contributed by atoms with Crippen molar-refractivity contribution in [3.05, 3.63) is 12.1 Å². The molecule has 0 bridgehead atoms. The molecule has 0 unspecified atom stereocenters. The third-order valence-electron chi connectivity index (χ3n) is 3.51. The molecule has 2 amide bonds. The third kappa shape index (κ3) is 5.33. The van der Waals surface area contributed by atoms with E-state index < -0.39 is 0 Å². The van der Waals surface area contributed by atoms with Gasteiger partial charge < -0.3 is 24.4 Å². The third-order valence-corrected chi connectivity index (χ3v) is 3.51. The van der Waals surface area contributed by atoms with Crippen molar-refractivity contribution in [2.45, 2.75) is 26.7 Å². The van der Waals surface area contributed by atoms with Gasteiger partial charge >= 0.3 is 0 Å². The van der Waals surface area contributed by atoms with E-state index in [4.69, 9.17) is 14.2 Å². The second kappa shape index (κ2) is 9.64. The number of rotatable bonds is 9. The van der Waals surface area contributed by atoms with Gasteiger partial charge in [0.1, 0.15) is 0 Å². The number of carbonyl (C=O) groups is 2. The number of nitrogens with one attached hydrogen (secondary N) is 1. The maximum Gasteiger partial charge on any atom is 0.243 e. The molecule has 0 saturated carbocycles. The molecule has 7 heteroatoms. The molecule has 1 N–H and O–H groups in total. The first-order valence-electron chi connectivity index (χ1n) is 7.82. The summed E-state index contributed by atoms with van der Waals surface area (Å²) in [5.74, 6) is 0.938. The molecule has 1 aromatic carbocycles. The van der Waals surface area contributed by atoms with E-state index >= 15 is 0 Å². The van der Waals surface area contributed by atoms with Gasteiger partial charge in [0.05, 0.1) is 27.9 Å². The zero-order valence-corrected chi connectivity index (χ0v) is 15.0. The van der Waals surface area contributed by atoms with Crippen LogP contribution in [0.25, 0.3) is 0 Å². The number of ether oxygens (including phenoxy) is 3. The van der Waals surface area contributed by atoms with Crippen molar-refractivity contribution >= 4 is 17.5 Å². The maximum absolute atomic E-state index is 12.2. The lowest BCUT2D eigenvalue weighted by Gasteiger charge is -2.20. The molecule has 1 rings (SSSR count). The predicted molar refractivity (Wildman–Crippen MR) is 91.9 cm³/mol. The number of nitrogens with zero attached hydrogens (tertiary/aromatic N) is 1. The van der Waals surface area contributed by atoms with Crippen molar-refractivity contribution in [1.29, 1.82) is 0 Å². The van der Waals surface area contributed by atoms with Crippen molar-refractivity contribution in [3.8, 4) is 17.2 Å².